The minimum atomic E-state index is -2.89. The van der Waals surface area contributed by atoms with Gasteiger partial charge in [-0.15, -0.1) is 0 Å². The number of nitrogens with zero attached hydrogens (tertiary/aromatic N) is 1. The molecule has 0 N–H and O–H groups in total. The van der Waals surface area contributed by atoms with Crippen LogP contribution >= 0.6 is 0 Å². The van der Waals surface area contributed by atoms with E-state index in [2.05, 4.69) is 4.90 Å². The number of ketones is 1. The number of Topliss-reactive ketones (excluding diaryl/α,β-unsaturated/α-hetero) is 1. The Balaban J connectivity index is 2.01. The molecule has 0 aromatic rings. The molecule has 2 heterocycles. The van der Waals surface area contributed by atoms with E-state index >= 15 is 0 Å². The van der Waals surface area contributed by atoms with Crippen molar-refractivity contribution in [2.75, 3.05) is 18.6 Å². The fraction of sp³-hybridized carbons (Fsp3) is 0.909. The van der Waals surface area contributed by atoms with Gasteiger partial charge in [0.2, 0.25) is 0 Å². The van der Waals surface area contributed by atoms with Gasteiger partial charge in [0, 0.05) is 37.7 Å². The summed E-state index contributed by atoms with van der Waals surface area (Å²) in [5.74, 6) is 0.569. The number of rotatable bonds is 3. The number of carbonyl (C=O) groups excluding carboxylic acids is 1. The molecule has 2 bridgehead atoms. The SMILES string of the molecule is CS(=O)(=O)CCN1C2CCCC1CC(=O)C2. The van der Waals surface area contributed by atoms with Crippen molar-refractivity contribution >= 4 is 15.6 Å². The summed E-state index contributed by atoms with van der Waals surface area (Å²) in [6, 6.07) is 0.614. The number of piperidine rings is 2. The molecule has 0 radical (unpaired) electrons. The van der Waals surface area contributed by atoms with Gasteiger partial charge in [0.25, 0.3) is 0 Å². The van der Waals surface area contributed by atoms with Crippen molar-refractivity contribution in [1.82, 2.24) is 4.90 Å². The van der Waals surface area contributed by atoms with Gasteiger partial charge in [-0.2, -0.15) is 0 Å². The summed E-state index contributed by atoms with van der Waals surface area (Å²) < 4.78 is 22.3. The molecule has 2 fully saturated rings. The van der Waals surface area contributed by atoms with E-state index in [1.54, 1.807) is 0 Å². The van der Waals surface area contributed by atoms with E-state index in [1.807, 2.05) is 0 Å². The molecule has 2 aliphatic heterocycles. The number of carbonyl (C=O) groups is 1. The highest BCUT2D eigenvalue weighted by atomic mass is 32.2. The number of hydrogen-bond acceptors (Lipinski definition) is 4. The molecule has 2 aliphatic rings. The van der Waals surface area contributed by atoms with Gasteiger partial charge in [0.15, 0.2) is 0 Å². The zero-order valence-corrected chi connectivity index (χ0v) is 10.5. The average molecular weight is 245 g/mol. The summed E-state index contributed by atoms with van der Waals surface area (Å²) >= 11 is 0. The lowest BCUT2D eigenvalue weighted by atomic mass is 9.84. The van der Waals surface area contributed by atoms with E-state index < -0.39 is 9.84 Å². The highest BCUT2D eigenvalue weighted by Gasteiger charge is 2.37. The number of hydrogen-bond donors (Lipinski definition) is 0. The van der Waals surface area contributed by atoms with E-state index in [9.17, 15) is 13.2 Å². The number of sulfone groups is 1. The largest absolute Gasteiger partial charge is 0.300 e. The van der Waals surface area contributed by atoms with Gasteiger partial charge in [0.1, 0.15) is 15.6 Å². The minimum Gasteiger partial charge on any atom is -0.300 e. The molecule has 0 aliphatic carbocycles. The smallest absolute Gasteiger partial charge is 0.148 e. The first kappa shape index (κ1) is 12.0. The normalized spacial score (nSPS) is 31.7. The predicted molar refractivity (Wildman–Crippen MR) is 62.1 cm³/mol. The van der Waals surface area contributed by atoms with E-state index in [1.165, 1.54) is 12.7 Å². The van der Waals surface area contributed by atoms with Crippen LogP contribution in [0.15, 0.2) is 0 Å². The maximum Gasteiger partial charge on any atom is 0.148 e. The molecule has 2 rings (SSSR count). The van der Waals surface area contributed by atoms with Crippen LogP contribution in [0.25, 0.3) is 0 Å². The van der Waals surface area contributed by atoms with Crippen LogP contribution in [0.5, 0.6) is 0 Å². The van der Waals surface area contributed by atoms with Crippen molar-refractivity contribution in [2.45, 2.75) is 44.2 Å². The molecule has 0 aromatic carbocycles. The van der Waals surface area contributed by atoms with Crippen molar-refractivity contribution < 1.29 is 13.2 Å². The first-order valence-electron chi connectivity index (χ1n) is 5.91. The Morgan fingerprint density at radius 1 is 1.25 bits per heavy atom. The summed E-state index contributed by atoms with van der Waals surface area (Å²) in [5, 5.41) is 0. The highest BCUT2D eigenvalue weighted by molar-refractivity contribution is 7.90. The fourth-order valence-electron chi connectivity index (χ4n) is 2.90. The van der Waals surface area contributed by atoms with Gasteiger partial charge in [0.05, 0.1) is 5.75 Å². The molecule has 16 heavy (non-hydrogen) atoms. The second kappa shape index (κ2) is 4.45. The van der Waals surface area contributed by atoms with Crippen molar-refractivity contribution in [3.05, 3.63) is 0 Å². The fourth-order valence-corrected chi connectivity index (χ4v) is 3.45. The van der Waals surface area contributed by atoms with E-state index in [0.717, 1.165) is 12.8 Å². The van der Waals surface area contributed by atoms with Crippen LogP contribution in [0.4, 0.5) is 0 Å². The Morgan fingerprint density at radius 2 is 1.81 bits per heavy atom. The van der Waals surface area contributed by atoms with Crippen LogP contribution < -0.4 is 0 Å². The molecule has 92 valence electrons. The molecular formula is C11H19NO3S. The van der Waals surface area contributed by atoms with Gasteiger partial charge in [-0.25, -0.2) is 8.42 Å². The zero-order valence-electron chi connectivity index (χ0n) is 9.68. The summed E-state index contributed by atoms with van der Waals surface area (Å²) in [6.07, 6.45) is 5.80. The van der Waals surface area contributed by atoms with Crippen LogP contribution in [-0.2, 0) is 14.6 Å². The lowest BCUT2D eigenvalue weighted by molar-refractivity contribution is -0.126. The first-order chi connectivity index (χ1) is 7.46. The Bertz CT molecular complexity index is 361. The van der Waals surface area contributed by atoms with Crippen LogP contribution in [-0.4, -0.2) is 49.7 Å². The summed E-state index contributed by atoms with van der Waals surface area (Å²) in [4.78, 5) is 13.7. The summed E-state index contributed by atoms with van der Waals surface area (Å²) in [6.45, 7) is 0.599. The van der Waals surface area contributed by atoms with Gasteiger partial charge < -0.3 is 0 Å². The molecule has 2 saturated heterocycles. The minimum absolute atomic E-state index is 0.216. The van der Waals surface area contributed by atoms with Gasteiger partial charge in [-0.1, -0.05) is 6.42 Å². The molecule has 2 atom stereocenters. The molecule has 5 heteroatoms. The Labute approximate surface area is 96.9 Å². The summed E-state index contributed by atoms with van der Waals surface area (Å²) in [7, 11) is -2.89. The summed E-state index contributed by atoms with van der Waals surface area (Å²) in [5.41, 5.74) is 0. The van der Waals surface area contributed by atoms with Gasteiger partial charge in [-0.05, 0) is 12.8 Å². The zero-order chi connectivity index (χ0) is 11.8. The van der Waals surface area contributed by atoms with Crippen molar-refractivity contribution in [3.8, 4) is 0 Å². The topological polar surface area (TPSA) is 54.5 Å². The third-order valence-electron chi connectivity index (χ3n) is 3.66. The Kier molecular flexibility index (Phi) is 3.35. The van der Waals surface area contributed by atoms with E-state index in [-0.39, 0.29) is 5.75 Å². The van der Waals surface area contributed by atoms with Crippen LogP contribution in [0.3, 0.4) is 0 Å². The maximum absolute atomic E-state index is 11.5. The second-order valence-electron chi connectivity index (χ2n) is 5.05. The molecule has 0 saturated carbocycles. The van der Waals surface area contributed by atoms with E-state index in [4.69, 9.17) is 0 Å². The third-order valence-corrected chi connectivity index (χ3v) is 4.58. The lowest BCUT2D eigenvalue weighted by Gasteiger charge is -2.45. The van der Waals surface area contributed by atoms with Crippen molar-refractivity contribution in [2.24, 2.45) is 0 Å². The molecule has 4 nitrogen and oxygen atoms in total. The monoisotopic (exact) mass is 245 g/mol. The van der Waals surface area contributed by atoms with Crippen LogP contribution in [0.2, 0.25) is 0 Å². The first-order valence-corrected chi connectivity index (χ1v) is 7.97. The number of fused-ring (bicyclic) bond motifs is 2. The van der Waals surface area contributed by atoms with Crippen LogP contribution in [0, 0.1) is 0 Å². The van der Waals surface area contributed by atoms with Gasteiger partial charge >= 0.3 is 0 Å². The Morgan fingerprint density at radius 3 is 2.31 bits per heavy atom. The van der Waals surface area contributed by atoms with Gasteiger partial charge in [-0.3, -0.25) is 9.69 Å². The van der Waals surface area contributed by atoms with Crippen LogP contribution in [0.1, 0.15) is 32.1 Å². The molecule has 2 unspecified atom stereocenters. The van der Waals surface area contributed by atoms with Crippen molar-refractivity contribution in [1.29, 1.82) is 0 Å². The predicted octanol–water partition coefficient (Wildman–Crippen LogP) is 0.617. The lowest BCUT2D eigenvalue weighted by Crippen LogP contribution is -2.53. The third kappa shape index (κ3) is 2.83. The highest BCUT2D eigenvalue weighted by Crippen LogP contribution is 2.31. The maximum atomic E-state index is 11.5. The van der Waals surface area contributed by atoms with E-state index in [0.29, 0.717) is 37.3 Å². The molecule has 0 amide bonds. The second-order valence-corrected chi connectivity index (χ2v) is 7.31. The molecule has 0 aromatic heterocycles. The van der Waals surface area contributed by atoms with Crippen molar-refractivity contribution in [3.63, 3.8) is 0 Å². The quantitative estimate of drug-likeness (QED) is 0.731. The standard InChI is InChI=1S/C11H19NO3S/c1-16(14,15)6-5-12-9-3-2-4-10(12)8-11(13)7-9/h9-10H,2-8H2,1H3. The molecular weight excluding hydrogens is 226 g/mol. The Hall–Kier alpha value is -0.420. The average Bonchev–Trinajstić information content (AvgIpc) is 2.12. The molecule has 0 spiro atoms.